The van der Waals surface area contributed by atoms with Crippen molar-refractivity contribution in [1.29, 1.82) is 0 Å². The molecule has 0 aliphatic carbocycles. The van der Waals surface area contributed by atoms with E-state index in [1.807, 2.05) is 4.90 Å². The average molecular weight is 425 g/mol. The van der Waals surface area contributed by atoms with Gasteiger partial charge in [-0.1, -0.05) is 18.2 Å². The zero-order chi connectivity index (χ0) is 20.9. The van der Waals surface area contributed by atoms with Gasteiger partial charge in [-0.25, -0.2) is 13.2 Å². The highest BCUT2D eigenvalue weighted by atomic mass is 32.2. The van der Waals surface area contributed by atoms with Crippen molar-refractivity contribution in [3.05, 3.63) is 30.3 Å². The summed E-state index contributed by atoms with van der Waals surface area (Å²) in [6.07, 6.45) is -0.338. The summed E-state index contributed by atoms with van der Waals surface area (Å²) in [5.74, 6) is 0.00729. The molecule has 160 valence electrons. The largest absolute Gasteiger partial charge is 0.450 e. The summed E-state index contributed by atoms with van der Waals surface area (Å²) in [7, 11) is -3.49. The van der Waals surface area contributed by atoms with Crippen molar-refractivity contribution in [2.24, 2.45) is 0 Å². The van der Waals surface area contributed by atoms with Gasteiger partial charge in [-0.05, 0) is 19.1 Å². The van der Waals surface area contributed by atoms with E-state index in [1.54, 1.807) is 47.1 Å². The predicted octanol–water partition coefficient (Wildman–Crippen LogP) is 0.294. The van der Waals surface area contributed by atoms with Gasteiger partial charge >= 0.3 is 6.09 Å². The van der Waals surface area contributed by atoms with Crippen LogP contribution in [0, 0.1) is 0 Å². The Bertz CT molecular complexity index is 801. The smallest absolute Gasteiger partial charge is 0.409 e. The lowest BCUT2D eigenvalue weighted by Crippen LogP contribution is -2.55. The fourth-order valence-corrected chi connectivity index (χ4v) is 4.96. The maximum atomic E-state index is 12.7. The molecule has 3 rings (SSSR count). The molecule has 1 aromatic carbocycles. The number of carbonyl (C=O) groups is 2. The Morgan fingerprint density at radius 3 is 2.07 bits per heavy atom. The fraction of sp³-hybridized carbons (Fsp3) is 0.579. The maximum absolute atomic E-state index is 12.7. The SMILES string of the molecule is CCOC(=O)N1CCN(C(=O)CN2CCN(S(=O)(=O)c3ccccc3)CC2)CC1. The maximum Gasteiger partial charge on any atom is 0.409 e. The molecule has 0 saturated carbocycles. The van der Waals surface area contributed by atoms with Crippen molar-refractivity contribution in [3.63, 3.8) is 0 Å². The van der Waals surface area contributed by atoms with Crippen molar-refractivity contribution >= 4 is 22.0 Å². The predicted molar refractivity (Wildman–Crippen MR) is 107 cm³/mol. The van der Waals surface area contributed by atoms with Gasteiger partial charge in [0.15, 0.2) is 0 Å². The van der Waals surface area contributed by atoms with Crippen LogP contribution in [0.25, 0.3) is 0 Å². The van der Waals surface area contributed by atoms with Gasteiger partial charge in [0.25, 0.3) is 0 Å². The van der Waals surface area contributed by atoms with Crippen LogP contribution in [0.4, 0.5) is 4.79 Å². The summed E-state index contributed by atoms with van der Waals surface area (Å²) in [5.41, 5.74) is 0. The minimum atomic E-state index is -3.49. The third kappa shape index (κ3) is 5.26. The van der Waals surface area contributed by atoms with Crippen LogP contribution in [0.5, 0.6) is 0 Å². The third-order valence-electron chi connectivity index (χ3n) is 5.23. The number of amides is 2. The second-order valence-electron chi connectivity index (χ2n) is 7.06. The van der Waals surface area contributed by atoms with Crippen molar-refractivity contribution in [2.75, 3.05) is 65.5 Å². The number of nitrogens with zero attached hydrogens (tertiary/aromatic N) is 4. The molecule has 0 spiro atoms. The Labute approximate surface area is 171 Å². The van der Waals surface area contributed by atoms with Gasteiger partial charge in [-0.2, -0.15) is 4.31 Å². The van der Waals surface area contributed by atoms with Crippen molar-refractivity contribution in [3.8, 4) is 0 Å². The van der Waals surface area contributed by atoms with Crippen LogP contribution in [0.1, 0.15) is 6.92 Å². The van der Waals surface area contributed by atoms with E-state index in [2.05, 4.69) is 0 Å². The first-order chi connectivity index (χ1) is 13.9. The molecule has 2 saturated heterocycles. The molecule has 0 radical (unpaired) electrons. The molecule has 2 heterocycles. The number of rotatable bonds is 5. The molecular formula is C19H28N4O5S. The first-order valence-corrected chi connectivity index (χ1v) is 11.3. The minimum absolute atomic E-state index is 0.00729. The normalized spacial score (nSPS) is 19.2. The van der Waals surface area contributed by atoms with Gasteiger partial charge in [-0.3, -0.25) is 9.69 Å². The van der Waals surface area contributed by atoms with E-state index < -0.39 is 10.0 Å². The molecule has 0 bridgehead atoms. The fourth-order valence-electron chi connectivity index (χ4n) is 3.51. The Balaban J connectivity index is 1.45. The second kappa shape index (κ2) is 9.55. The van der Waals surface area contributed by atoms with Crippen LogP contribution in [0.3, 0.4) is 0 Å². The summed E-state index contributed by atoms with van der Waals surface area (Å²) >= 11 is 0. The Morgan fingerprint density at radius 1 is 0.897 bits per heavy atom. The second-order valence-corrected chi connectivity index (χ2v) is 9.00. The number of carbonyl (C=O) groups excluding carboxylic acids is 2. The minimum Gasteiger partial charge on any atom is -0.450 e. The lowest BCUT2D eigenvalue weighted by atomic mass is 10.3. The molecule has 0 N–H and O–H groups in total. The first-order valence-electron chi connectivity index (χ1n) is 9.89. The quantitative estimate of drug-likeness (QED) is 0.675. The molecule has 0 atom stereocenters. The van der Waals surface area contributed by atoms with Crippen LogP contribution < -0.4 is 0 Å². The van der Waals surface area contributed by atoms with E-state index in [4.69, 9.17) is 4.74 Å². The molecule has 2 fully saturated rings. The molecule has 10 heteroatoms. The van der Waals surface area contributed by atoms with Crippen LogP contribution in [-0.2, 0) is 19.6 Å². The van der Waals surface area contributed by atoms with Gasteiger partial charge in [0, 0.05) is 52.4 Å². The van der Waals surface area contributed by atoms with Gasteiger partial charge in [0.05, 0.1) is 18.0 Å². The lowest BCUT2D eigenvalue weighted by Gasteiger charge is -2.37. The van der Waals surface area contributed by atoms with Gasteiger partial charge in [0.1, 0.15) is 0 Å². The molecule has 1 aromatic rings. The lowest BCUT2D eigenvalue weighted by molar-refractivity contribution is -0.134. The molecular weight excluding hydrogens is 396 g/mol. The van der Waals surface area contributed by atoms with Crippen LogP contribution >= 0.6 is 0 Å². The Kier molecular flexibility index (Phi) is 7.09. The molecule has 2 amide bonds. The van der Waals surface area contributed by atoms with Crippen LogP contribution in [-0.4, -0.2) is 105 Å². The Morgan fingerprint density at radius 2 is 1.48 bits per heavy atom. The standard InChI is InChI=1S/C19H28N4O5S/c1-2-28-19(25)22-12-10-21(11-13-22)18(24)16-20-8-14-23(15-9-20)29(26,27)17-6-4-3-5-7-17/h3-7H,2,8-16H2,1H3. The molecule has 2 aliphatic rings. The monoisotopic (exact) mass is 424 g/mol. The number of hydrogen-bond donors (Lipinski definition) is 0. The molecule has 29 heavy (non-hydrogen) atoms. The Hall–Kier alpha value is -2.17. The van der Waals surface area contributed by atoms with Gasteiger partial charge in [0.2, 0.25) is 15.9 Å². The van der Waals surface area contributed by atoms with Gasteiger partial charge < -0.3 is 14.5 Å². The topological polar surface area (TPSA) is 90.5 Å². The third-order valence-corrected chi connectivity index (χ3v) is 7.14. The molecule has 2 aliphatic heterocycles. The summed E-state index contributed by atoms with van der Waals surface area (Å²) in [5, 5.41) is 0. The van der Waals surface area contributed by atoms with Crippen molar-refractivity contribution < 1.29 is 22.7 Å². The zero-order valence-electron chi connectivity index (χ0n) is 16.7. The summed E-state index contributed by atoms with van der Waals surface area (Å²) < 4.78 is 31.8. The number of benzene rings is 1. The van der Waals surface area contributed by atoms with E-state index in [9.17, 15) is 18.0 Å². The van der Waals surface area contributed by atoms with E-state index in [1.165, 1.54) is 4.31 Å². The van der Waals surface area contributed by atoms with E-state index >= 15 is 0 Å². The average Bonchev–Trinajstić information content (AvgIpc) is 2.75. The first kappa shape index (κ1) is 21.5. The number of piperazine rings is 2. The van der Waals surface area contributed by atoms with E-state index in [0.717, 1.165) is 0 Å². The van der Waals surface area contributed by atoms with Crippen molar-refractivity contribution in [2.45, 2.75) is 11.8 Å². The summed E-state index contributed by atoms with van der Waals surface area (Å²) in [6.45, 7) is 6.02. The van der Waals surface area contributed by atoms with Crippen LogP contribution in [0.15, 0.2) is 35.2 Å². The molecule has 0 aromatic heterocycles. The van der Waals surface area contributed by atoms with Gasteiger partial charge in [-0.15, -0.1) is 0 Å². The summed E-state index contributed by atoms with van der Waals surface area (Å²) in [6, 6.07) is 8.41. The zero-order valence-corrected chi connectivity index (χ0v) is 17.5. The highest BCUT2D eigenvalue weighted by molar-refractivity contribution is 7.89. The molecule has 0 unspecified atom stereocenters. The van der Waals surface area contributed by atoms with E-state index in [-0.39, 0.29) is 18.5 Å². The number of ether oxygens (including phenoxy) is 1. The summed E-state index contributed by atoms with van der Waals surface area (Å²) in [4.78, 5) is 30.0. The van der Waals surface area contributed by atoms with Crippen molar-refractivity contribution in [1.82, 2.24) is 19.0 Å². The highest BCUT2D eigenvalue weighted by Gasteiger charge is 2.30. The number of hydrogen-bond acceptors (Lipinski definition) is 6. The van der Waals surface area contributed by atoms with E-state index in [0.29, 0.717) is 63.9 Å². The highest BCUT2D eigenvalue weighted by Crippen LogP contribution is 2.17. The molecule has 9 nitrogen and oxygen atoms in total. The van der Waals surface area contributed by atoms with Crippen LogP contribution in [0.2, 0.25) is 0 Å². The number of sulfonamides is 1.